The molecule has 0 radical (unpaired) electrons. The fourth-order valence-electron chi connectivity index (χ4n) is 4.24. The molecule has 0 spiro atoms. The summed E-state index contributed by atoms with van der Waals surface area (Å²) in [5.41, 5.74) is 6.02. The van der Waals surface area contributed by atoms with Gasteiger partial charge < -0.3 is 10.5 Å². The SMILES string of the molecule is CCCN(Cc1cnc(N)s1)C1C2CCOC2C1(C)C. The van der Waals surface area contributed by atoms with Crippen molar-refractivity contribution in [1.29, 1.82) is 0 Å². The maximum absolute atomic E-state index is 5.92. The van der Waals surface area contributed by atoms with Gasteiger partial charge in [-0.25, -0.2) is 4.98 Å². The highest BCUT2D eigenvalue weighted by Crippen LogP contribution is 2.54. The van der Waals surface area contributed by atoms with Crippen LogP contribution >= 0.6 is 11.3 Å². The summed E-state index contributed by atoms with van der Waals surface area (Å²) in [4.78, 5) is 8.08. The summed E-state index contributed by atoms with van der Waals surface area (Å²) in [7, 11) is 0. The van der Waals surface area contributed by atoms with Crippen LogP contribution < -0.4 is 5.73 Å². The predicted molar refractivity (Wildman–Crippen MR) is 82.6 cm³/mol. The summed E-state index contributed by atoms with van der Waals surface area (Å²) in [6.07, 6.45) is 4.78. The van der Waals surface area contributed by atoms with Crippen LogP contribution in [0.4, 0.5) is 5.13 Å². The number of nitrogens with two attached hydrogens (primary N) is 1. The highest BCUT2D eigenvalue weighted by molar-refractivity contribution is 7.15. The van der Waals surface area contributed by atoms with Crippen molar-refractivity contribution in [2.75, 3.05) is 18.9 Å². The molecular formula is C15H25N3OS. The van der Waals surface area contributed by atoms with Gasteiger partial charge >= 0.3 is 0 Å². The van der Waals surface area contributed by atoms with Gasteiger partial charge in [0.2, 0.25) is 0 Å². The summed E-state index contributed by atoms with van der Waals surface area (Å²) < 4.78 is 5.92. The van der Waals surface area contributed by atoms with Gasteiger partial charge in [0.05, 0.1) is 6.10 Å². The number of rotatable bonds is 5. The highest BCUT2D eigenvalue weighted by atomic mass is 32.1. The molecule has 2 fully saturated rings. The summed E-state index contributed by atoms with van der Waals surface area (Å²) in [5.74, 6) is 0.710. The number of anilines is 1. The number of nitrogen functional groups attached to an aromatic ring is 1. The Balaban J connectivity index is 1.76. The molecule has 1 saturated heterocycles. The van der Waals surface area contributed by atoms with Gasteiger partial charge in [0, 0.05) is 41.6 Å². The Morgan fingerprint density at radius 1 is 1.55 bits per heavy atom. The van der Waals surface area contributed by atoms with Crippen molar-refractivity contribution in [2.45, 2.75) is 52.3 Å². The second kappa shape index (κ2) is 5.28. The molecule has 1 aliphatic heterocycles. The molecule has 2 aliphatic rings. The third-order valence-electron chi connectivity index (χ3n) is 4.87. The predicted octanol–water partition coefficient (Wildman–Crippen LogP) is 2.75. The maximum atomic E-state index is 5.92. The van der Waals surface area contributed by atoms with Crippen LogP contribution in [0.1, 0.15) is 38.5 Å². The van der Waals surface area contributed by atoms with Gasteiger partial charge in [0.25, 0.3) is 0 Å². The van der Waals surface area contributed by atoms with Gasteiger partial charge in [-0.1, -0.05) is 20.8 Å². The van der Waals surface area contributed by atoms with Crippen LogP contribution in [0, 0.1) is 11.3 Å². The number of thiazole rings is 1. The molecule has 0 amide bonds. The zero-order valence-corrected chi connectivity index (χ0v) is 13.4. The molecule has 0 aromatic carbocycles. The van der Waals surface area contributed by atoms with Crippen LogP contribution in [0.25, 0.3) is 0 Å². The quantitative estimate of drug-likeness (QED) is 0.907. The minimum absolute atomic E-state index is 0.257. The van der Waals surface area contributed by atoms with Crippen molar-refractivity contribution >= 4 is 16.5 Å². The van der Waals surface area contributed by atoms with Gasteiger partial charge in [-0.05, 0) is 19.4 Å². The molecule has 5 heteroatoms. The van der Waals surface area contributed by atoms with Crippen molar-refractivity contribution in [2.24, 2.45) is 11.3 Å². The first-order valence-corrected chi connectivity index (χ1v) is 8.41. The van der Waals surface area contributed by atoms with Crippen LogP contribution in [0.3, 0.4) is 0 Å². The van der Waals surface area contributed by atoms with E-state index in [1.165, 1.54) is 17.7 Å². The molecule has 1 saturated carbocycles. The average molecular weight is 295 g/mol. The molecule has 20 heavy (non-hydrogen) atoms. The van der Waals surface area contributed by atoms with E-state index in [9.17, 15) is 0 Å². The van der Waals surface area contributed by atoms with Crippen molar-refractivity contribution in [1.82, 2.24) is 9.88 Å². The van der Waals surface area contributed by atoms with E-state index in [2.05, 4.69) is 30.7 Å². The molecule has 1 aliphatic carbocycles. The van der Waals surface area contributed by atoms with Gasteiger partial charge in [-0.3, -0.25) is 4.90 Å². The van der Waals surface area contributed by atoms with Crippen LogP contribution in [-0.2, 0) is 11.3 Å². The third-order valence-corrected chi connectivity index (χ3v) is 5.68. The van der Waals surface area contributed by atoms with E-state index in [0.29, 0.717) is 23.2 Å². The Labute approximate surface area is 125 Å². The molecule has 2 N–H and O–H groups in total. The van der Waals surface area contributed by atoms with Gasteiger partial charge in [0.1, 0.15) is 0 Å². The highest BCUT2D eigenvalue weighted by Gasteiger charge is 2.60. The smallest absolute Gasteiger partial charge is 0.180 e. The first-order valence-electron chi connectivity index (χ1n) is 7.60. The number of fused-ring (bicyclic) bond motifs is 1. The van der Waals surface area contributed by atoms with Crippen molar-refractivity contribution in [3.8, 4) is 0 Å². The van der Waals surface area contributed by atoms with Crippen LogP contribution in [0.15, 0.2) is 6.20 Å². The van der Waals surface area contributed by atoms with Crippen molar-refractivity contribution in [3.63, 3.8) is 0 Å². The van der Waals surface area contributed by atoms with E-state index in [1.54, 1.807) is 11.3 Å². The average Bonchev–Trinajstić information content (AvgIpc) is 2.97. The Morgan fingerprint density at radius 2 is 2.35 bits per heavy atom. The van der Waals surface area contributed by atoms with Gasteiger partial charge in [-0.15, -0.1) is 11.3 Å². The molecule has 112 valence electrons. The van der Waals surface area contributed by atoms with E-state index in [-0.39, 0.29) is 5.41 Å². The van der Waals surface area contributed by atoms with E-state index in [0.717, 1.165) is 19.7 Å². The van der Waals surface area contributed by atoms with E-state index in [4.69, 9.17) is 10.5 Å². The van der Waals surface area contributed by atoms with E-state index >= 15 is 0 Å². The number of hydrogen-bond donors (Lipinski definition) is 1. The first-order chi connectivity index (χ1) is 9.54. The van der Waals surface area contributed by atoms with Crippen LogP contribution in [-0.4, -0.2) is 35.2 Å². The number of aromatic nitrogens is 1. The molecule has 0 bridgehead atoms. The minimum atomic E-state index is 0.257. The molecule has 2 heterocycles. The Bertz CT molecular complexity index is 473. The number of hydrogen-bond acceptors (Lipinski definition) is 5. The standard InChI is InChI=1S/C15H25N3OS/c1-4-6-18(9-10-8-17-14(16)20-10)12-11-5-7-19-13(11)15(12,2)3/h8,11-13H,4-7,9H2,1-3H3,(H2,16,17). The zero-order valence-electron chi connectivity index (χ0n) is 12.6. The summed E-state index contributed by atoms with van der Waals surface area (Å²) in [6, 6.07) is 0.623. The second-order valence-electron chi connectivity index (χ2n) is 6.65. The van der Waals surface area contributed by atoms with Crippen molar-refractivity contribution in [3.05, 3.63) is 11.1 Å². The molecule has 4 nitrogen and oxygen atoms in total. The zero-order chi connectivity index (χ0) is 14.3. The fourth-order valence-corrected chi connectivity index (χ4v) is 4.95. The molecule has 1 aromatic rings. The van der Waals surface area contributed by atoms with Crippen LogP contribution in [0.2, 0.25) is 0 Å². The monoisotopic (exact) mass is 295 g/mol. The van der Waals surface area contributed by atoms with Crippen LogP contribution in [0.5, 0.6) is 0 Å². The topological polar surface area (TPSA) is 51.4 Å². The molecule has 3 atom stereocenters. The fraction of sp³-hybridized carbons (Fsp3) is 0.800. The maximum Gasteiger partial charge on any atom is 0.180 e. The normalized spacial score (nSPS) is 31.3. The lowest BCUT2D eigenvalue weighted by Gasteiger charge is -2.58. The molecule has 3 rings (SSSR count). The molecular weight excluding hydrogens is 270 g/mol. The number of ether oxygens (including phenoxy) is 1. The third kappa shape index (κ3) is 2.26. The summed E-state index contributed by atoms with van der Waals surface area (Å²) in [5, 5.41) is 0.673. The van der Waals surface area contributed by atoms with Gasteiger partial charge in [0.15, 0.2) is 5.13 Å². The Morgan fingerprint density at radius 3 is 3.00 bits per heavy atom. The lowest BCUT2D eigenvalue weighted by atomic mass is 9.56. The minimum Gasteiger partial charge on any atom is -0.377 e. The second-order valence-corrected chi connectivity index (χ2v) is 7.79. The van der Waals surface area contributed by atoms with E-state index in [1.807, 2.05) is 6.20 Å². The van der Waals surface area contributed by atoms with E-state index < -0.39 is 0 Å². The van der Waals surface area contributed by atoms with Gasteiger partial charge in [-0.2, -0.15) is 0 Å². The molecule has 3 unspecified atom stereocenters. The first kappa shape index (κ1) is 14.3. The molecule has 1 aromatic heterocycles. The largest absolute Gasteiger partial charge is 0.377 e. The lowest BCUT2D eigenvalue weighted by Crippen LogP contribution is -2.66. The Kier molecular flexibility index (Phi) is 3.77. The summed E-state index contributed by atoms with van der Waals surface area (Å²) in [6.45, 7) is 10.0. The Hall–Kier alpha value is -0.650. The van der Waals surface area contributed by atoms with Crippen molar-refractivity contribution < 1.29 is 4.74 Å². The lowest BCUT2D eigenvalue weighted by molar-refractivity contribution is -0.157. The number of nitrogens with zero attached hydrogens (tertiary/aromatic N) is 2. The summed E-state index contributed by atoms with van der Waals surface area (Å²) >= 11 is 1.61.